The summed E-state index contributed by atoms with van der Waals surface area (Å²) in [6.07, 6.45) is 0. The molecule has 1 aromatic carbocycles. The van der Waals surface area contributed by atoms with Crippen molar-refractivity contribution in [2.45, 2.75) is 13.8 Å². The molecule has 24 heavy (non-hydrogen) atoms. The van der Waals surface area contributed by atoms with Gasteiger partial charge in [-0.1, -0.05) is 6.07 Å². The molecule has 0 aliphatic rings. The molecule has 0 saturated heterocycles. The molecule has 0 saturated carbocycles. The van der Waals surface area contributed by atoms with Crippen LogP contribution in [0.3, 0.4) is 0 Å². The Morgan fingerprint density at radius 1 is 1.25 bits per heavy atom. The zero-order valence-electron chi connectivity index (χ0n) is 14.4. The number of anilines is 1. The van der Waals surface area contributed by atoms with Crippen molar-refractivity contribution in [1.82, 2.24) is 10.6 Å². The van der Waals surface area contributed by atoms with Crippen LogP contribution in [0.25, 0.3) is 0 Å². The maximum atomic E-state index is 11.0. The molecule has 1 rings (SSSR count). The number of guanidine groups is 1. The zero-order chi connectivity index (χ0) is 16.9. The Hall–Kier alpha value is -1.55. The molecular formula is C16H27IN4O3. The predicted molar refractivity (Wildman–Crippen MR) is 108 cm³/mol. The lowest BCUT2D eigenvalue weighted by Gasteiger charge is -2.12. The number of rotatable bonds is 9. The molecule has 3 N–H and O–H groups in total. The predicted octanol–water partition coefficient (Wildman–Crippen LogP) is 1.84. The number of nitrogens with zero attached hydrogens (tertiary/aromatic N) is 1. The molecule has 1 aromatic rings. The van der Waals surface area contributed by atoms with Crippen LogP contribution in [0, 0.1) is 0 Å². The first-order valence-electron chi connectivity index (χ1n) is 7.67. The smallest absolute Gasteiger partial charge is 0.221 e. The van der Waals surface area contributed by atoms with Gasteiger partial charge in [0.15, 0.2) is 5.96 Å². The summed E-state index contributed by atoms with van der Waals surface area (Å²) in [5, 5.41) is 9.06. The second-order valence-electron chi connectivity index (χ2n) is 4.74. The van der Waals surface area contributed by atoms with E-state index in [4.69, 9.17) is 9.47 Å². The fourth-order valence-corrected chi connectivity index (χ4v) is 1.80. The summed E-state index contributed by atoms with van der Waals surface area (Å²) in [5.41, 5.74) is 0.720. The Morgan fingerprint density at radius 2 is 2.04 bits per heavy atom. The standard InChI is InChI=1S/C16H26N4O3.HI/c1-4-17-16(18-8-10-22-3)19-9-11-23-15-7-5-6-14(12-15)20-13(2)21;/h5-7,12H,4,8-11H2,1-3H3,(H,20,21)(H2,17,18,19);1H. The Bertz CT molecular complexity index is 512. The van der Waals surface area contributed by atoms with E-state index in [1.54, 1.807) is 13.2 Å². The minimum Gasteiger partial charge on any atom is -0.492 e. The first-order chi connectivity index (χ1) is 11.2. The molecule has 0 fully saturated rings. The van der Waals surface area contributed by atoms with Gasteiger partial charge in [-0.05, 0) is 19.1 Å². The van der Waals surface area contributed by atoms with Crippen LogP contribution >= 0.6 is 24.0 Å². The van der Waals surface area contributed by atoms with Crippen LogP contribution in [0.1, 0.15) is 13.8 Å². The molecule has 0 unspecified atom stereocenters. The normalized spacial score (nSPS) is 10.5. The molecule has 1 amide bonds. The lowest BCUT2D eigenvalue weighted by Crippen LogP contribution is -2.39. The molecular weight excluding hydrogens is 423 g/mol. The topological polar surface area (TPSA) is 84.0 Å². The molecule has 8 heteroatoms. The molecule has 0 aliphatic carbocycles. The second-order valence-corrected chi connectivity index (χ2v) is 4.74. The van der Waals surface area contributed by atoms with Gasteiger partial charge in [-0.15, -0.1) is 24.0 Å². The van der Waals surface area contributed by atoms with Crippen molar-refractivity contribution < 1.29 is 14.3 Å². The number of halogens is 1. The minimum atomic E-state index is -0.105. The van der Waals surface area contributed by atoms with E-state index in [1.807, 2.05) is 25.1 Å². The molecule has 0 radical (unpaired) electrons. The maximum Gasteiger partial charge on any atom is 0.221 e. The average Bonchev–Trinajstić information content (AvgIpc) is 2.51. The van der Waals surface area contributed by atoms with Gasteiger partial charge in [0.25, 0.3) is 0 Å². The first-order valence-corrected chi connectivity index (χ1v) is 7.67. The lowest BCUT2D eigenvalue weighted by atomic mass is 10.3. The van der Waals surface area contributed by atoms with E-state index < -0.39 is 0 Å². The average molecular weight is 450 g/mol. The molecule has 0 aromatic heterocycles. The van der Waals surface area contributed by atoms with E-state index in [1.165, 1.54) is 6.92 Å². The van der Waals surface area contributed by atoms with Crippen molar-refractivity contribution in [3.63, 3.8) is 0 Å². The van der Waals surface area contributed by atoms with Crippen LogP contribution in [-0.4, -0.2) is 51.8 Å². The van der Waals surface area contributed by atoms with Crippen molar-refractivity contribution in [1.29, 1.82) is 0 Å². The summed E-state index contributed by atoms with van der Waals surface area (Å²) >= 11 is 0. The number of carbonyl (C=O) groups is 1. The van der Waals surface area contributed by atoms with Gasteiger partial charge in [-0.3, -0.25) is 9.79 Å². The van der Waals surface area contributed by atoms with Gasteiger partial charge in [0.05, 0.1) is 19.7 Å². The van der Waals surface area contributed by atoms with Crippen molar-refractivity contribution in [2.75, 3.05) is 45.3 Å². The number of hydrogen-bond donors (Lipinski definition) is 3. The summed E-state index contributed by atoms with van der Waals surface area (Å²) in [6, 6.07) is 7.30. The highest BCUT2D eigenvalue weighted by Crippen LogP contribution is 2.16. The fourth-order valence-electron chi connectivity index (χ4n) is 1.80. The van der Waals surface area contributed by atoms with E-state index in [9.17, 15) is 4.79 Å². The third-order valence-electron chi connectivity index (χ3n) is 2.73. The number of amides is 1. The summed E-state index contributed by atoms with van der Waals surface area (Å²) in [6.45, 7) is 6.56. The maximum absolute atomic E-state index is 11.0. The van der Waals surface area contributed by atoms with Crippen molar-refractivity contribution in [2.24, 2.45) is 4.99 Å². The van der Waals surface area contributed by atoms with Gasteiger partial charge >= 0.3 is 0 Å². The highest BCUT2D eigenvalue weighted by molar-refractivity contribution is 14.0. The summed E-state index contributed by atoms with van der Waals surface area (Å²) < 4.78 is 10.6. The lowest BCUT2D eigenvalue weighted by molar-refractivity contribution is -0.114. The van der Waals surface area contributed by atoms with Crippen LogP contribution < -0.4 is 20.7 Å². The monoisotopic (exact) mass is 450 g/mol. The van der Waals surface area contributed by atoms with Crippen LogP contribution in [0.5, 0.6) is 5.75 Å². The van der Waals surface area contributed by atoms with E-state index in [0.29, 0.717) is 32.1 Å². The van der Waals surface area contributed by atoms with E-state index in [2.05, 4.69) is 20.9 Å². The number of nitrogens with one attached hydrogen (secondary N) is 3. The van der Waals surface area contributed by atoms with Crippen LogP contribution in [0.4, 0.5) is 5.69 Å². The quantitative estimate of drug-likeness (QED) is 0.232. The highest BCUT2D eigenvalue weighted by atomic mass is 127. The van der Waals surface area contributed by atoms with Gasteiger partial charge in [-0.2, -0.15) is 0 Å². The zero-order valence-corrected chi connectivity index (χ0v) is 16.8. The van der Waals surface area contributed by atoms with Gasteiger partial charge in [0.2, 0.25) is 5.91 Å². The Kier molecular flexibility index (Phi) is 13.0. The van der Waals surface area contributed by atoms with Gasteiger partial charge in [0, 0.05) is 32.3 Å². The first kappa shape index (κ1) is 22.4. The van der Waals surface area contributed by atoms with Crippen molar-refractivity contribution in [3.8, 4) is 5.75 Å². The van der Waals surface area contributed by atoms with E-state index in [0.717, 1.165) is 18.2 Å². The Labute approximate surface area is 160 Å². The summed E-state index contributed by atoms with van der Waals surface area (Å²) in [5.74, 6) is 1.34. The fraction of sp³-hybridized carbons (Fsp3) is 0.500. The number of aliphatic imine (C=N–C) groups is 1. The van der Waals surface area contributed by atoms with Gasteiger partial charge < -0.3 is 25.4 Å². The molecule has 7 nitrogen and oxygen atoms in total. The number of hydrogen-bond acceptors (Lipinski definition) is 4. The third kappa shape index (κ3) is 10.3. The number of benzene rings is 1. The molecule has 0 heterocycles. The molecule has 0 aliphatic heterocycles. The SMILES string of the molecule is CCNC(=NCCOC)NCCOc1cccc(NC(C)=O)c1.I. The molecule has 136 valence electrons. The van der Waals surface area contributed by atoms with Gasteiger partial charge in [0.1, 0.15) is 12.4 Å². The Balaban J connectivity index is 0.00000529. The summed E-state index contributed by atoms with van der Waals surface area (Å²) in [7, 11) is 1.65. The number of carbonyl (C=O) groups excluding carboxylic acids is 1. The largest absolute Gasteiger partial charge is 0.492 e. The molecule has 0 spiro atoms. The molecule has 0 bridgehead atoms. The van der Waals surface area contributed by atoms with E-state index in [-0.39, 0.29) is 29.9 Å². The highest BCUT2D eigenvalue weighted by Gasteiger charge is 2.00. The van der Waals surface area contributed by atoms with Crippen molar-refractivity contribution in [3.05, 3.63) is 24.3 Å². The number of methoxy groups -OCH3 is 1. The van der Waals surface area contributed by atoms with Crippen LogP contribution in [0.15, 0.2) is 29.3 Å². The van der Waals surface area contributed by atoms with Crippen molar-refractivity contribution >= 4 is 41.5 Å². The van der Waals surface area contributed by atoms with Crippen LogP contribution in [-0.2, 0) is 9.53 Å². The van der Waals surface area contributed by atoms with E-state index >= 15 is 0 Å². The number of ether oxygens (including phenoxy) is 2. The van der Waals surface area contributed by atoms with Crippen LogP contribution in [0.2, 0.25) is 0 Å². The third-order valence-corrected chi connectivity index (χ3v) is 2.73. The second kappa shape index (κ2) is 13.8. The Morgan fingerprint density at radius 3 is 2.71 bits per heavy atom. The summed E-state index contributed by atoms with van der Waals surface area (Å²) in [4.78, 5) is 15.4. The minimum absolute atomic E-state index is 0. The van der Waals surface area contributed by atoms with Gasteiger partial charge in [-0.25, -0.2) is 0 Å². The molecule has 0 atom stereocenters.